The van der Waals surface area contributed by atoms with Gasteiger partial charge in [-0.3, -0.25) is 14.0 Å². The van der Waals surface area contributed by atoms with Crippen LogP contribution < -0.4 is 10.9 Å². The Hall–Kier alpha value is -3.02. The van der Waals surface area contributed by atoms with Gasteiger partial charge in [-0.1, -0.05) is 6.07 Å². The first-order valence-electron chi connectivity index (χ1n) is 7.02. The van der Waals surface area contributed by atoms with Gasteiger partial charge in [-0.2, -0.15) is 0 Å². The van der Waals surface area contributed by atoms with Crippen LogP contribution in [0, 0.1) is 19.7 Å². The summed E-state index contributed by atoms with van der Waals surface area (Å²) in [6, 6.07) is 8.84. The molecule has 0 radical (unpaired) electrons. The van der Waals surface area contributed by atoms with E-state index in [1.807, 2.05) is 6.92 Å². The largest absolute Gasteiger partial charge is 0.316 e. The van der Waals surface area contributed by atoms with Gasteiger partial charge in [0, 0.05) is 11.8 Å². The molecule has 0 saturated heterocycles. The summed E-state index contributed by atoms with van der Waals surface area (Å²) in [5.41, 5.74) is 1.74. The zero-order valence-corrected chi connectivity index (χ0v) is 12.6. The third kappa shape index (κ3) is 2.83. The molecule has 1 N–H and O–H groups in total. The van der Waals surface area contributed by atoms with Gasteiger partial charge in [-0.25, -0.2) is 9.37 Å². The third-order valence-electron chi connectivity index (χ3n) is 3.49. The van der Waals surface area contributed by atoms with E-state index < -0.39 is 11.7 Å². The molecule has 116 valence electrons. The molecule has 23 heavy (non-hydrogen) atoms. The first-order chi connectivity index (χ1) is 11.0. The molecule has 0 fully saturated rings. The number of amides is 1. The van der Waals surface area contributed by atoms with Crippen LogP contribution in [0.5, 0.6) is 0 Å². The van der Waals surface area contributed by atoms with Crippen molar-refractivity contribution in [3.05, 3.63) is 75.6 Å². The van der Waals surface area contributed by atoms with Crippen molar-refractivity contribution < 1.29 is 9.18 Å². The predicted octanol–water partition coefficient (Wildman–Crippen LogP) is 2.70. The molecule has 0 unspecified atom stereocenters. The van der Waals surface area contributed by atoms with Crippen LogP contribution in [0.3, 0.4) is 0 Å². The van der Waals surface area contributed by atoms with E-state index in [1.165, 1.54) is 22.6 Å². The fraction of sp³-hybridized carbons (Fsp3) is 0.118. The Kier molecular flexibility index (Phi) is 3.65. The van der Waals surface area contributed by atoms with Crippen molar-refractivity contribution in [2.45, 2.75) is 13.8 Å². The summed E-state index contributed by atoms with van der Waals surface area (Å²) in [6.07, 6.45) is 1.61. The molecule has 1 amide bonds. The third-order valence-corrected chi connectivity index (χ3v) is 3.49. The van der Waals surface area contributed by atoms with Crippen LogP contribution in [0.25, 0.3) is 5.65 Å². The first kappa shape index (κ1) is 14.9. The maximum absolute atomic E-state index is 13.2. The second-order valence-electron chi connectivity index (χ2n) is 5.27. The van der Waals surface area contributed by atoms with Crippen molar-refractivity contribution in [2.75, 3.05) is 5.32 Å². The Morgan fingerprint density at radius 2 is 2.00 bits per heavy atom. The number of halogens is 1. The molecule has 3 rings (SSSR count). The molecule has 5 nitrogen and oxygen atoms in total. The fourth-order valence-corrected chi connectivity index (χ4v) is 2.31. The van der Waals surface area contributed by atoms with E-state index in [0.717, 1.165) is 11.6 Å². The minimum Gasteiger partial charge on any atom is -0.316 e. The molecule has 6 heteroatoms. The van der Waals surface area contributed by atoms with Crippen LogP contribution in [-0.2, 0) is 0 Å². The smallest absolute Gasteiger partial charge is 0.281 e. The molecule has 3 aromatic rings. The van der Waals surface area contributed by atoms with Crippen molar-refractivity contribution in [3.63, 3.8) is 0 Å². The highest BCUT2D eigenvalue weighted by Crippen LogP contribution is 2.12. The van der Waals surface area contributed by atoms with E-state index in [9.17, 15) is 14.0 Å². The highest BCUT2D eigenvalue weighted by molar-refractivity contribution is 6.04. The summed E-state index contributed by atoms with van der Waals surface area (Å²) in [5.74, 6) is -1.07. The normalized spacial score (nSPS) is 10.7. The van der Waals surface area contributed by atoms with Gasteiger partial charge in [0.05, 0.1) is 5.69 Å². The molecule has 2 aromatic heterocycles. The summed E-state index contributed by atoms with van der Waals surface area (Å²) in [7, 11) is 0. The number of pyridine rings is 1. The zero-order valence-electron chi connectivity index (χ0n) is 12.6. The lowest BCUT2D eigenvalue weighted by atomic mass is 10.2. The fourth-order valence-electron chi connectivity index (χ4n) is 2.31. The average Bonchev–Trinajstić information content (AvgIpc) is 2.51. The second kappa shape index (κ2) is 5.64. The van der Waals surface area contributed by atoms with E-state index in [-0.39, 0.29) is 16.8 Å². The van der Waals surface area contributed by atoms with E-state index >= 15 is 0 Å². The van der Waals surface area contributed by atoms with Gasteiger partial charge in [0.2, 0.25) is 0 Å². The Bertz CT molecular complexity index is 979. The lowest BCUT2D eigenvalue weighted by Crippen LogP contribution is -2.25. The topological polar surface area (TPSA) is 63.5 Å². The minimum absolute atomic E-state index is 0.0839. The number of nitrogens with zero attached hydrogens (tertiary/aromatic N) is 2. The molecule has 0 aliphatic heterocycles. The number of carbonyl (C=O) groups is 1. The molecule has 2 heterocycles. The van der Waals surface area contributed by atoms with Crippen LogP contribution in [0.15, 0.2) is 47.4 Å². The Labute approximate surface area is 131 Å². The zero-order chi connectivity index (χ0) is 16.6. The van der Waals surface area contributed by atoms with Crippen LogP contribution in [-0.4, -0.2) is 15.3 Å². The summed E-state index contributed by atoms with van der Waals surface area (Å²) in [5, 5.41) is 2.53. The van der Waals surface area contributed by atoms with Gasteiger partial charge in [0.15, 0.2) is 0 Å². The van der Waals surface area contributed by atoms with Crippen LogP contribution in [0.2, 0.25) is 0 Å². The highest BCUT2D eigenvalue weighted by Gasteiger charge is 2.14. The Balaban J connectivity index is 2.05. The number of nitrogens with one attached hydrogen (secondary N) is 1. The molecule has 0 aliphatic carbocycles. The van der Waals surface area contributed by atoms with Gasteiger partial charge < -0.3 is 5.32 Å². The number of carbonyl (C=O) groups excluding carboxylic acids is 1. The monoisotopic (exact) mass is 311 g/mol. The molecule has 0 bridgehead atoms. The second-order valence-corrected chi connectivity index (χ2v) is 5.27. The summed E-state index contributed by atoms with van der Waals surface area (Å²) >= 11 is 0. The first-order valence-corrected chi connectivity index (χ1v) is 7.02. The van der Waals surface area contributed by atoms with E-state index in [2.05, 4.69) is 10.3 Å². The standard InChI is InChI=1S/C17H14FN3O2/c1-10-6-7-21-14(8-10)19-11(2)15(17(21)23)20-16(22)12-4-3-5-13(18)9-12/h3-9H,1-2H3,(H,20,22). The van der Waals surface area contributed by atoms with Gasteiger partial charge in [-0.05, 0) is 49.7 Å². The maximum atomic E-state index is 13.2. The van der Waals surface area contributed by atoms with Crippen molar-refractivity contribution in [1.82, 2.24) is 9.38 Å². The number of anilines is 1. The van der Waals surface area contributed by atoms with Crippen molar-refractivity contribution in [2.24, 2.45) is 0 Å². The number of benzene rings is 1. The lowest BCUT2D eigenvalue weighted by Gasteiger charge is -2.10. The SMILES string of the molecule is Cc1ccn2c(=O)c(NC(=O)c3cccc(F)c3)c(C)nc2c1. The lowest BCUT2D eigenvalue weighted by molar-refractivity contribution is 0.102. The van der Waals surface area contributed by atoms with Gasteiger partial charge in [0.1, 0.15) is 17.2 Å². The summed E-state index contributed by atoms with van der Waals surface area (Å²) in [6.45, 7) is 3.55. The van der Waals surface area contributed by atoms with E-state index in [1.54, 1.807) is 25.3 Å². The number of aryl methyl sites for hydroxylation is 2. The van der Waals surface area contributed by atoms with Gasteiger partial charge in [0.25, 0.3) is 11.5 Å². The number of hydrogen-bond donors (Lipinski definition) is 1. The maximum Gasteiger partial charge on any atom is 0.281 e. The summed E-state index contributed by atoms with van der Waals surface area (Å²) in [4.78, 5) is 29.1. The predicted molar refractivity (Wildman–Crippen MR) is 85.3 cm³/mol. The number of fused-ring (bicyclic) bond motifs is 1. The molecular formula is C17H14FN3O2. The molecule has 0 saturated carbocycles. The number of rotatable bonds is 2. The van der Waals surface area contributed by atoms with Crippen LogP contribution in [0.4, 0.5) is 10.1 Å². The minimum atomic E-state index is -0.557. The van der Waals surface area contributed by atoms with E-state index in [0.29, 0.717) is 11.3 Å². The Morgan fingerprint density at radius 3 is 2.74 bits per heavy atom. The summed E-state index contributed by atoms with van der Waals surface area (Å²) < 4.78 is 14.6. The number of hydrogen-bond acceptors (Lipinski definition) is 3. The van der Waals surface area contributed by atoms with Gasteiger partial charge in [-0.15, -0.1) is 0 Å². The van der Waals surface area contributed by atoms with Crippen molar-refractivity contribution in [1.29, 1.82) is 0 Å². The van der Waals surface area contributed by atoms with Crippen LogP contribution >= 0.6 is 0 Å². The van der Waals surface area contributed by atoms with Crippen molar-refractivity contribution >= 4 is 17.2 Å². The molecule has 1 aromatic carbocycles. The van der Waals surface area contributed by atoms with Gasteiger partial charge >= 0.3 is 0 Å². The molecule has 0 atom stereocenters. The molecule has 0 aliphatic rings. The highest BCUT2D eigenvalue weighted by atomic mass is 19.1. The molecule has 0 spiro atoms. The molecular weight excluding hydrogens is 297 g/mol. The Morgan fingerprint density at radius 1 is 1.22 bits per heavy atom. The van der Waals surface area contributed by atoms with Crippen LogP contribution in [0.1, 0.15) is 21.6 Å². The van der Waals surface area contributed by atoms with Crippen molar-refractivity contribution in [3.8, 4) is 0 Å². The quantitative estimate of drug-likeness (QED) is 0.791. The van der Waals surface area contributed by atoms with E-state index in [4.69, 9.17) is 0 Å². The average molecular weight is 311 g/mol. The number of aromatic nitrogens is 2.